The Balaban J connectivity index is 2.50. The van der Waals surface area contributed by atoms with Gasteiger partial charge in [0.2, 0.25) is 11.8 Å². The van der Waals surface area contributed by atoms with Crippen LogP contribution in [0.2, 0.25) is 0 Å². The average Bonchev–Trinajstić information content (AvgIpc) is 2.25. The summed E-state index contributed by atoms with van der Waals surface area (Å²) in [5.41, 5.74) is 6.98. The van der Waals surface area contributed by atoms with E-state index < -0.39 is 5.91 Å². The topological polar surface area (TPSA) is 72.2 Å². The molecule has 1 rings (SSSR count). The van der Waals surface area contributed by atoms with Crippen molar-refractivity contribution in [3.8, 4) is 0 Å². The van der Waals surface area contributed by atoms with Gasteiger partial charge in [-0.05, 0) is 18.6 Å². The van der Waals surface area contributed by atoms with E-state index in [4.69, 9.17) is 5.73 Å². The number of aryl methyl sites for hydroxylation is 1. The molecule has 84 valence electrons. The quantitative estimate of drug-likeness (QED) is 0.727. The standard InChI is InChI=1S/C12H14N2O2/c1-9-2-4-10(5-3-9)6-7-12(16)14-8-11(13)15/h2-7H,8H2,1H3,(H2,13,15)(H,14,16)/b7-6+. The Morgan fingerprint density at radius 1 is 1.31 bits per heavy atom. The summed E-state index contributed by atoms with van der Waals surface area (Å²) >= 11 is 0. The fourth-order valence-corrected chi connectivity index (χ4v) is 1.08. The van der Waals surface area contributed by atoms with E-state index in [0.717, 1.165) is 11.1 Å². The summed E-state index contributed by atoms with van der Waals surface area (Å²) in [6.07, 6.45) is 3.05. The maximum Gasteiger partial charge on any atom is 0.244 e. The molecule has 0 bridgehead atoms. The van der Waals surface area contributed by atoms with Crippen LogP contribution in [0.4, 0.5) is 0 Å². The van der Waals surface area contributed by atoms with Gasteiger partial charge in [0.1, 0.15) is 0 Å². The van der Waals surface area contributed by atoms with E-state index in [1.54, 1.807) is 6.08 Å². The van der Waals surface area contributed by atoms with E-state index in [2.05, 4.69) is 5.32 Å². The van der Waals surface area contributed by atoms with Gasteiger partial charge >= 0.3 is 0 Å². The molecule has 0 saturated carbocycles. The Morgan fingerprint density at radius 3 is 2.50 bits per heavy atom. The number of carbonyl (C=O) groups is 2. The molecular weight excluding hydrogens is 204 g/mol. The minimum atomic E-state index is -0.558. The molecule has 4 heteroatoms. The van der Waals surface area contributed by atoms with E-state index in [0.29, 0.717) is 0 Å². The highest BCUT2D eigenvalue weighted by Crippen LogP contribution is 2.04. The molecule has 0 spiro atoms. The number of rotatable bonds is 4. The van der Waals surface area contributed by atoms with Crippen molar-refractivity contribution in [3.05, 3.63) is 41.5 Å². The van der Waals surface area contributed by atoms with Crippen LogP contribution in [-0.4, -0.2) is 18.4 Å². The lowest BCUT2D eigenvalue weighted by Gasteiger charge is -1.97. The predicted molar refractivity (Wildman–Crippen MR) is 62.4 cm³/mol. The first-order valence-corrected chi connectivity index (χ1v) is 4.89. The zero-order chi connectivity index (χ0) is 12.0. The highest BCUT2D eigenvalue weighted by molar-refractivity contribution is 5.94. The van der Waals surface area contributed by atoms with Crippen LogP contribution in [0.5, 0.6) is 0 Å². The van der Waals surface area contributed by atoms with Crippen LogP contribution in [0.1, 0.15) is 11.1 Å². The number of amides is 2. The van der Waals surface area contributed by atoms with E-state index in [9.17, 15) is 9.59 Å². The molecule has 4 nitrogen and oxygen atoms in total. The van der Waals surface area contributed by atoms with E-state index >= 15 is 0 Å². The second kappa shape index (κ2) is 5.70. The Labute approximate surface area is 94.1 Å². The first-order chi connectivity index (χ1) is 7.58. The number of hydrogen-bond donors (Lipinski definition) is 2. The first kappa shape index (κ1) is 12.0. The fourth-order valence-electron chi connectivity index (χ4n) is 1.08. The molecule has 0 radical (unpaired) electrons. The lowest BCUT2D eigenvalue weighted by molar-refractivity contribution is -0.122. The van der Waals surface area contributed by atoms with Crippen molar-refractivity contribution in [3.63, 3.8) is 0 Å². The van der Waals surface area contributed by atoms with Gasteiger partial charge in [-0.1, -0.05) is 29.8 Å². The van der Waals surface area contributed by atoms with Crippen LogP contribution in [-0.2, 0) is 9.59 Å². The molecule has 1 aromatic rings. The minimum absolute atomic E-state index is 0.142. The summed E-state index contributed by atoms with van der Waals surface area (Å²) in [7, 11) is 0. The Kier molecular flexibility index (Phi) is 4.27. The molecule has 0 aromatic heterocycles. The molecule has 2 amide bonds. The number of nitrogens with one attached hydrogen (secondary N) is 1. The van der Waals surface area contributed by atoms with Crippen molar-refractivity contribution in [1.29, 1.82) is 0 Å². The molecule has 1 aromatic carbocycles. The largest absolute Gasteiger partial charge is 0.368 e. The van der Waals surface area contributed by atoms with Gasteiger partial charge in [-0.2, -0.15) is 0 Å². The summed E-state index contributed by atoms with van der Waals surface area (Å²) in [6.45, 7) is 1.85. The number of carbonyl (C=O) groups excluding carboxylic acids is 2. The molecule has 0 fully saturated rings. The van der Waals surface area contributed by atoms with E-state index in [1.165, 1.54) is 6.08 Å². The Hall–Kier alpha value is -2.10. The van der Waals surface area contributed by atoms with Crippen molar-refractivity contribution in [2.45, 2.75) is 6.92 Å². The van der Waals surface area contributed by atoms with Gasteiger partial charge in [0.05, 0.1) is 6.54 Å². The third-order valence-electron chi connectivity index (χ3n) is 1.94. The molecule has 16 heavy (non-hydrogen) atoms. The molecular formula is C12H14N2O2. The van der Waals surface area contributed by atoms with Gasteiger partial charge in [-0.25, -0.2) is 0 Å². The molecule has 0 atom stereocenters. The van der Waals surface area contributed by atoms with Crippen LogP contribution in [0.25, 0.3) is 6.08 Å². The maximum atomic E-state index is 11.2. The molecule has 0 heterocycles. The zero-order valence-corrected chi connectivity index (χ0v) is 9.07. The number of hydrogen-bond acceptors (Lipinski definition) is 2. The van der Waals surface area contributed by atoms with Gasteiger partial charge in [0.15, 0.2) is 0 Å². The van der Waals surface area contributed by atoms with Crippen molar-refractivity contribution < 1.29 is 9.59 Å². The number of nitrogens with two attached hydrogens (primary N) is 1. The van der Waals surface area contributed by atoms with E-state index in [1.807, 2.05) is 31.2 Å². The molecule has 0 aliphatic carbocycles. The molecule has 0 unspecified atom stereocenters. The monoisotopic (exact) mass is 218 g/mol. The van der Waals surface area contributed by atoms with Crippen molar-refractivity contribution in [2.75, 3.05) is 6.54 Å². The summed E-state index contributed by atoms with van der Waals surface area (Å²) in [5, 5.41) is 2.36. The summed E-state index contributed by atoms with van der Waals surface area (Å²) in [6, 6.07) is 7.74. The molecule has 3 N–H and O–H groups in total. The van der Waals surface area contributed by atoms with Gasteiger partial charge in [0.25, 0.3) is 0 Å². The Bertz CT molecular complexity index is 408. The molecule has 0 saturated heterocycles. The number of benzene rings is 1. The van der Waals surface area contributed by atoms with Crippen LogP contribution in [0.3, 0.4) is 0 Å². The van der Waals surface area contributed by atoms with Crippen molar-refractivity contribution >= 4 is 17.9 Å². The SMILES string of the molecule is Cc1ccc(/C=C/C(=O)NCC(N)=O)cc1. The van der Waals surface area contributed by atoms with Crippen LogP contribution >= 0.6 is 0 Å². The maximum absolute atomic E-state index is 11.2. The van der Waals surface area contributed by atoms with Gasteiger partial charge in [-0.3, -0.25) is 9.59 Å². The second-order valence-electron chi connectivity index (χ2n) is 3.43. The summed E-state index contributed by atoms with van der Waals surface area (Å²) < 4.78 is 0. The highest BCUT2D eigenvalue weighted by atomic mass is 16.2. The summed E-state index contributed by atoms with van der Waals surface area (Å²) in [5.74, 6) is -0.892. The third kappa shape index (κ3) is 4.41. The minimum Gasteiger partial charge on any atom is -0.368 e. The normalized spacial score (nSPS) is 10.3. The van der Waals surface area contributed by atoms with Gasteiger partial charge in [0, 0.05) is 6.08 Å². The smallest absolute Gasteiger partial charge is 0.244 e. The van der Waals surface area contributed by atoms with Crippen molar-refractivity contribution in [2.24, 2.45) is 5.73 Å². The fraction of sp³-hybridized carbons (Fsp3) is 0.167. The molecule has 0 aliphatic heterocycles. The summed E-state index contributed by atoms with van der Waals surface area (Å²) in [4.78, 5) is 21.6. The Morgan fingerprint density at radius 2 is 1.94 bits per heavy atom. The first-order valence-electron chi connectivity index (χ1n) is 4.89. The lowest BCUT2D eigenvalue weighted by Crippen LogP contribution is -2.32. The van der Waals surface area contributed by atoms with Crippen LogP contribution in [0.15, 0.2) is 30.3 Å². The predicted octanol–water partition coefficient (Wildman–Crippen LogP) is 0.610. The second-order valence-corrected chi connectivity index (χ2v) is 3.43. The van der Waals surface area contributed by atoms with Crippen molar-refractivity contribution in [1.82, 2.24) is 5.32 Å². The van der Waals surface area contributed by atoms with Crippen LogP contribution < -0.4 is 11.1 Å². The number of primary amides is 1. The van der Waals surface area contributed by atoms with Gasteiger partial charge in [-0.15, -0.1) is 0 Å². The van der Waals surface area contributed by atoms with Gasteiger partial charge < -0.3 is 11.1 Å². The van der Waals surface area contributed by atoms with Crippen LogP contribution in [0, 0.1) is 6.92 Å². The van der Waals surface area contributed by atoms with E-state index in [-0.39, 0.29) is 12.5 Å². The lowest BCUT2D eigenvalue weighted by atomic mass is 10.1. The third-order valence-corrected chi connectivity index (χ3v) is 1.94. The molecule has 0 aliphatic rings. The zero-order valence-electron chi connectivity index (χ0n) is 9.07. The average molecular weight is 218 g/mol. The highest BCUT2D eigenvalue weighted by Gasteiger charge is 1.97.